The maximum Gasteiger partial charge on any atom is 0.259 e. The van der Waals surface area contributed by atoms with Crippen molar-refractivity contribution in [3.05, 3.63) is 53.2 Å². The largest absolute Gasteiger partial charge is 0.383 e. The van der Waals surface area contributed by atoms with Crippen molar-refractivity contribution in [3.63, 3.8) is 0 Å². The molecule has 0 unspecified atom stereocenters. The van der Waals surface area contributed by atoms with E-state index in [1.807, 2.05) is 6.07 Å². The van der Waals surface area contributed by atoms with Crippen molar-refractivity contribution < 1.29 is 14.3 Å². The van der Waals surface area contributed by atoms with Crippen molar-refractivity contribution in [1.29, 1.82) is 0 Å². The number of pyridine rings is 2. The van der Waals surface area contributed by atoms with Gasteiger partial charge in [0, 0.05) is 66.0 Å². The highest BCUT2D eigenvalue weighted by Crippen LogP contribution is 2.30. The van der Waals surface area contributed by atoms with Gasteiger partial charge in [-0.1, -0.05) is 0 Å². The van der Waals surface area contributed by atoms with Gasteiger partial charge in [0.15, 0.2) is 0 Å². The molecule has 0 saturated carbocycles. The number of anilines is 3. The van der Waals surface area contributed by atoms with Gasteiger partial charge in [-0.25, -0.2) is 9.97 Å². The summed E-state index contributed by atoms with van der Waals surface area (Å²) < 4.78 is 5.41. The molecule has 32 heavy (non-hydrogen) atoms. The minimum Gasteiger partial charge on any atom is -0.383 e. The van der Waals surface area contributed by atoms with Gasteiger partial charge in [0.25, 0.3) is 5.91 Å². The predicted molar refractivity (Wildman–Crippen MR) is 125 cm³/mol. The molecule has 4 rings (SSSR count). The zero-order valence-electron chi connectivity index (χ0n) is 17.6. The van der Waals surface area contributed by atoms with E-state index >= 15 is 0 Å². The van der Waals surface area contributed by atoms with E-state index in [4.69, 9.17) is 10.5 Å². The smallest absolute Gasteiger partial charge is 0.259 e. The van der Waals surface area contributed by atoms with E-state index in [2.05, 4.69) is 31.6 Å². The molecule has 0 aliphatic carbocycles. The number of hydrogen-bond donors (Lipinski definition) is 3. The molecule has 0 bridgehead atoms. The third-order valence-electron chi connectivity index (χ3n) is 4.91. The summed E-state index contributed by atoms with van der Waals surface area (Å²) in [5.41, 5.74) is 7.59. The van der Waals surface area contributed by atoms with Gasteiger partial charge in [-0.3, -0.25) is 14.5 Å². The van der Waals surface area contributed by atoms with Crippen molar-refractivity contribution in [3.8, 4) is 10.4 Å². The fraction of sp³-hybridized carbons (Fsp3) is 0.273. The minimum atomic E-state index is -0.387. The first-order chi connectivity index (χ1) is 15.5. The average molecular weight is 453 g/mol. The molecule has 1 saturated heterocycles. The Morgan fingerprint density at radius 2 is 1.97 bits per heavy atom. The van der Waals surface area contributed by atoms with Crippen LogP contribution in [0.15, 0.2) is 42.7 Å². The van der Waals surface area contributed by atoms with Gasteiger partial charge in [-0.05, 0) is 24.3 Å². The zero-order chi connectivity index (χ0) is 22.5. The van der Waals surface area contributed by atoms with Gasteiger partial charge in [-0.2, -0.15) is 0 Å². The summed E-state index contributed by atoms with van der Waals surface area (Å²) in [6.45, 7) is 5.66. The quantitative estimate of drug-likeness (QED) is 0.526. The molecule has 166 valence electrons. The Hall–Kier alpha value is -3.34. The van der Waals surface area contributed by atoms with E-state index in [1.165, 1.54) is 18.0 Å². The number of carbonyl (C=O) groups excluding carboxylic acids is 2. The van der Waals surface area contributed by atoms with Crippen LogP contribution in [0, 0.1) is 0 Å². The summed E-state index contributed by atoms with van der Waals surface area (Å²) in [5.74, 6) is -0.137. The number of morpholine rings is 1. The van der Waals surface area contributed by atoms with Crippen molar-refractivity contribution in [2.24, 2.45) is 0 Å². The van der Waals surface area contributed by atoms with E-state index < -0.39 is 0 Å². The van der Waals surface area contributed by atoms with Crippen LogP contribution in [0.1, 0.15) is 22.2 Å². The molecule has 2 amide bonds. The number of nitrogen functional groups attached to an aromatic ring is 1. The van der Waals surface area contributed by atoms with Gasteiger partial charge in [0.1, 0.15) is 11.6 Å². The molecular weight excluding hydrogens is 428 g/mol. The summed E-state index contributed by atoms with van der Waals surface area (Å²) in [7, 11) is 0. The molecule has 1 aliphatic heterocycles. The topological polar surface area (TPSA) is 122 Å². The van der Waals surface area contributed by atoms with E-state index in [9.17, 15) is 9.59 Å². The van der Waals surface area contributed by atoms with Gasteiger partial charge < -0.3 is 21.1 Å². The number of nitrogens with one attached hydrogen (secondary N) is 2. The third-order valence-corrected chi connectivity index (χ3v) is 6.03. The molecule has 10 heteroatoms. The highest BCUT2D eigenvalue weighted by molar-refractivity contribution is 7.15. The standard InChI is InChI=1S/C22H24N6O3S/c1-14(29)26-20-11-16(4-5-24-20)27-22(30)18-10-15(12-25-21(18)23)19-3-2-17(32-19)13-28-6-8-31-9-7-28/h2-5,10-12H,6-9,13H2,1H3,(H2,23,25)(H2,24,26,27,29,30). The molecule has 3 aromatic rings. The molecule has 1 aliphatic rings. The molecule has 9 nitrogen and oxygen atoms in total. The predicted octanol–water partition coefficient (Wildman–Crippen LogP) is 2.83. The number of rotatable bonds is 6. The Balaban J connectivity index is 1.49. The van der Waals surface area contributed by atoms with Crippen LogP contribution in [0.2, 0.25) is 0 Å². The highest BCUT2D eigenvalue weighted by Gasteiger charge is 2.16. The first kappa shape index (κ1) is 21.9. The molecule has 0 atom stereocenters. The number of thiophene rings is 1. The maximum absolute atomic E-state index is 12.9. The molecule has 3 aromatic heterocycles. The lowest BCUT2D eigenvalue weighted by Gasteiger charge is -2.25. The zero-order valence-corrected chi connectivity index (χ0v) is 18.4. The van der Waals surface area contributed by atoms with E-state index in [1.54, 1.807) is 35.7 Å². The van der Waals surface area contributed by atoms with Crippen molar-refractivity contribution >= 4 is 40.5 Å². The molecule has 0 radical (unpaired) electrons. The van der Waals surface area contributed by atoms with Gasteiger partial charge in [-0.15, -0.1) is 11.3 Å². The first-order valence-electron chi connectivity index (χ1n) is 10.2. The van der Waals surface area contributed by atoms with Crippen LogP contribution in [0.25, 0.3) is 10.4 Å². The molecular formula is C22H24N6O3S. The lowest BCUT2D eigenvalue weighted by molar-refractivity contribution is -0.114. The van der Waals surface area contributed by atoms with Crippen LogP contribution in [-0.2, 0) is 16.1 Å². The van der Waals surface area contributed by atoms with Crippen LogP contribution in [0.5, 0.6) is 0 Å². The normalized spacial score (nSPS) is 14.2. The second kappa shape index (κ2) is 9.86. The van der Waals surface area contributed by atoms with Crippen LogP contribution in [0.4, 0.5) is 17.3 Å². The molecule has 0 spiro atoms. The summed E-state index contributed by atoms with van der Waals surface area (Å²) in [4.78, 5) is 37.0. The Kier molecular flexibility index (Phi) is 6.74. The van der Waals surface area contributed by atoms with Crippen LogP contribution in [-0.4, -0.2) is 53.0 Å². The number of nitrogens with two attached hydrogens (primary N) is 1. The number of aromatic nitrogens is 2. The monoisotopic (exact) mass is 452 g/mol. The number of carbonyl (C=O) groups is 2. The fourth-order valence-corrected chi connectivity index (χ4v) is 4.38. The van der Waals surface area contributed by atoms with E-state index in [0.29, 0.717) is 11.5 Å². The summed E-state index contributed by atoms with van der Waals surface area (Å²) in [6, 6.07) is 9.10. The van der Waals surface area contributed by atoms with Crippen LogP contribution >= 0.6 is 11.3 Å². The first-order valence-corrected chi connectivity index (χ1v) is 11.0. The van der Waals surface area contributed by atoms with Gasteiger partial charge in [0.05, 0.1) is 18.8 Å². The second-order valence-electron chi connectivity index (χ2n) is 7.38. The SMILES string of the molecule is CC(=O)Nc1cc(NC(=O)c2cc(-c3ccc(CN4CCOCC4)s3)cnc2N)ccn1. The van der Waals surface area contributed by atoms with E-state index in [-0.39, 0.29) is 23.2 Å². The van der Waals surface area contributed by atoms with Gasteiger partial charge >= 0.3 is 0 Å². The summed E-state index contributed by atoms with van der Waals surface area (Å²) >= 11 is 1.67. The summed E-state index contributed by atoms with van der Waals surface area (Å²) in [6.07, 6.45) is 3.18. The van der Waals surface area contributed by atoms with Crippen molar-refractivity contribution in [2.45, 2.75) is 13.5 Å². The van der Waals surface area contributed by atoms with E-state index in [0.717, 1.165) is 43.3 Å². The molecule has 4 N–H and O–H groups in total. The Labute approximate surface area is 189 Å². The Morgan fingerprint density at radius 3 is 2.75 bits per heavy atom. The number of ether oxygens (including phenoxy) is 1. The lowest BCUT2D eigenvalue weighted by atomic mass is 10.1. The van der Waals surface area contributed by atoms with Crippen LogP contribution < -0.4 is 16.4 Å². The maximum atomic E-state index is 12.9. The van der Waals surface area contributed by atoms with Gasteiger partial charge in [0.2, 0.25) is 5.91 Å². The Bertz CT molecular complexity index is 1130. The van der Waals surface area contributed by atoms with Crippen LogP contribution in [0.3, 0.4) is 0 Å². The number of hydrogen-bond acceptors (Lipinski definition) is 8. The minimum absolute atomic E-state index is 0.146. The lowest BCUT2D eigenvalue weighted by Crippen LogP contribution is -2.35. The van der Waals surface area contributed by atoms with Crippen molar-refractivity contribution in [1.82, 2.24) is 14.9 Å². The molecule has 1 fully saturated rings. The molecule has 4 heterocycles. The fourth-order valence-electron chi connectivity index (χ4n) is 3.35. The average Bonchev–Trinajstić information content (AvgIpc) is 3.23. The highest BCUT2D eigenvalue weighted by atomic mass is 32.1. The number of nitrogens with zero attached hydrogens (tertiary/aromatic N) is 3. The Morgan fingerprint density at radius 1 is 1.16 bits per heavy atom. The molecule has 0 aromatic carbocycles. The second-order valence-corrected chi connectivity index (χ2v) is 8.54. The van der Waals surface area contributed by atoms with Crippen molar-refractivity contribution in [2.75, 3.05) is 42.7 Å². The third kappa shape index (κ3) is 5.47. The number of amides is 2. The summed E-state index contributed by atoms with van der Waals surface area (Å²) in [5, 5.41) is 5.37.